The summed E-state index contributed by atoms with van der Waals surface area (Å²) < 4.78 is 11.3. The smallest absolute Gasteiger partial charge is 0.161 e. The molecule has 2 aromatic carbocycles. The number of halogens is 2. The molecular weight excluding hydrogens is 387 g/mol. The van der Waals surface area contributed by atoms with E-state index in [9.17, 15) is 5.11 Å². The lowest BCUT2D eigenvalue weighted by Gasteiger charge is -2.13. The van der Waals surface area contributed by atoms with E-state index < -0.39 is 0 Å². The highest BCUT2D eigenvalue weighted by Gasteiger charge is 2.08. The molecular formula is C20H26Cl2N2O3. The maximum atomic E-state index is 9.19. The van der Waals surface area contributed by atoms with Crippen LogP contribution < -0.4 is 20.1 Å². The second kappa shape index (κ2) is 11.4. The molecule has 0 aliphatic rings. The Bertz CT molecular complexity index is 726. The van der Waals surface area contributed by atoms with E-state index in [1.807, 2.05) is 24.3 Å². The van der Waals surface area contributed by atoms with Crippen LogP contribution in [0.2, 0.25) is 10.0 Å². The molecule has 0 heterocycles. The number of rotatable bonds is 11. The van der Waals surface area contributed by atoms with Crippen LogP contribution in [0.3, 0.4) is 0 Å². The average Bonchev–Trinajstić information content (AvgIpc) is 2.64. The average molecular weight is 413 g/mol. The predicted molar refractivity (Wildman–Crippen MR) is 110 cm³/mol. The van der Waals surface area contributed by atoms with Gasteiger partial charge in [0.1, 0.15) is 6.61 Å². The van der Waals surface area contributed by atoms with E-state index in [-0.39, 0.29) is 6.10 Å². The van der Waals surface area contributed by atoms with Crippen molar-refractivity contribution in [2.75, 3.05) is 26.7 Å². The van der Waals surface area contributed by atoms with Gasteiger partial charge in [-0.1, -0.05) is 35.3 Å². The van der Waals surface area contributed by atoms with Crippen molar-refractivity contribution in [1.82, 2.24) is 10.6 Å². The third-order valence-corrected chi connectivity index (χ3v) is 4.46. The molecule has 0 fully saturated rings. The number of aliphatic hydroxyl groups is 1. The Kier molecular flexibility index (Phi) is 9.18. The summed E-state index contributed by atoms with van der Waals surface area (Å²) in [4.78, 5) is 0. The molecule has 2 rings (SSSR count). The van der Waals surface area contributed by atoms with Crippen molar-refractivity contribution in [2.24, 2.45) is 0 Å². The Balaban J connectivity index is 1.86. The highest BCUT2D eigenvalue weighted by atomic mass is 35.5. The fourth-order valence-electron chi connectivity index (χ4n) is 2.46. The fraction of sp³-hybridized carbons (Fsp3) is 0.400. The number of hydrogen-bond acceptors (Lipinski definition) is 5. The minimum atomic E-state index is -0.329. The van der Waals surface area contributed by atoms with E-state index in [1.54, 1.807) is 26.2 Å². The number of benzene rings is 2. The Morgan fingerprint density at radius 2 is 1.81 bits per heavy atom. The molecule has 0 saturated carbocycles. The topological polar surface area (TPSA) is 62.8 Å². The molecule has 1 unspecified atom stereocenters. The van der Waals surface area contributed by atoms with Gasteiger partial charge >= 0.3 is 0 Å². The van der Waals surface area contributed by atoms with Crippen molar-refractivity contribution in [3.63, 3.8) is 0 Å². The molecule has 148 valence electrons. The first-order valence-electron chi connectivity index (χ1n) is 8.82. The van der Waals surface area contributed by atoms with E-state index in [1.165, 1.54) is 0 Å². The number of ether oxygens (including phenoxy) is 2. The van der Waals surface area contributed by atoms with E-state index >= 15 is 0 Å². The van der Waals surface area contributed by atoms with E-state index in [0.717, 1.165) is 30.8 Å². The molecule has 0 amide bonds. The molecule has 0 aliphatic heterocycles. The van der Waals surface area contributed by atoms with Crippen LogP contribution in [0.25, 0.3) is 0 Å². The summed E-state index contributed by atoms with van der Waals surface area (Å²) >= 11 is 12.1. The molecule has 0 saturated heterocycles. The Hall–Kier alpha value is -1.50. The van der Waals surface area contributed by atoms with Crippen LogP contribution in [0, 0.1) is 0 Å². The van der Waals surface area contributed by atoms with Gasteiger partial charge in [0.15, 0.2) is 11.5 Å². The zero-order valence-electron chi connectivity index (χ0n) is 15.6. The second-order valence-corrected chi connectivity index (χ2v) is 7.08. The van der Waals surface area contributed by atoms with Gasteiger partial charge in [-0.05, 0) is 36.8 Å². The van der Waals surface area contributed by atoms with Crippen LogP contribution in [0.15, 0.2) is 36.4 Å². The van der Waals surface area contributed by atoms with Crippen molar-refractivity contribution in [3.05, 3.63) is 57.6 Å². The van der Waals surface area contributed by atoms with Gasteiger partial charge in [0, 0.05) is 41.8 Å². The number of nitrogens with one attached hydrogen (secondary N) is 2. The third kappa shape index (κ3) is 7.56. The van der Waals surface area contributed by atoms with Crippen LogP contribution in [0.4, 0.5) is 0 Å². The Morgan fingerprint density at radius 3 is 2.52 bits per heavy atom. The normalized spacial score (nSPS) is 12.0. The number of methoxy groups -OCH3 is 1. The minimum absolute atomic E-state index is 0.329. The lowest BCUT2D eigenvalue weighted by molar-refractivity contribution is 0.191. The molecule has 0 bridgehead atoms. The zero-order chi connectivity index (χ0) is 19.6. The van der Waals surface area contributed by atoms with Crippen LogP contribution >= 0.6 is 23.2 Å². The number of aliphatic hydroxyl groups excluding tert-OH is 1. The van der Waals surface area contributed by atoms with Gasteiger partial charge < -0.3 is 25.2 Å². The molecule has 0 aliphatic carbocycles. The van der Waals surface area contributed by atoms with Crippen molar-refractivity contribution < 1.29 is 14.6 Å². The molecule has 2 aromatic rings. The summed E-state index contributed by atoms with van der Waals surface area (Å²) in [6, 6.07) is 11.2. The first kappa shape index (κ1) is 21.8. The standard InChI is InChI=1S/C20H26Cl2N2O3/c1-14(25)11-23-7-8-24-12-15-3-6-19(20(9-15)26-2)27-13-16-4-5-17(21)10-18(16)22/h3-6,9-10,14,23-25H,7-8,11-13H2,1-2H3. The summed E-state index contributed by atoms with van der Waals surface area (Å²) in [5.41, 5.74) is 1.96. The van der Waals surface area contributed by atoms with Crippen molar-refractivity contribution in [2.45, 2.75) is 26.2 Å². The lowest BCUT2D eigenvalue weighted by atomic mass is 10.2. The summed E-state index contributed by atoms with van der Waals surface area (Å²) in [6.45, 7) is 5.01. The van der Waals surface area contributed by atoms with Crippen molar-refractivity contribution in [1.29, 1.82) is 0 Å². The first-order valence-corrected chi connectivity index (χ1v) is 9.58. The highest BCUT2D eigenvalue weighted by molar-refractivity contribution is 6.35. The predicted octanol–water partition coefficient (Wildman–Crippen LogP) is 3.64. The molecule has 1 atom stereocenters. The molecule has 7 heteroatoms. The Morgan fingerprint density at radius 1 is 1.04 bits per heavy atom. The minimum Gasteiger partial charge on any atom is -0.493 e. The van der Waals surface area contributed by atoms with E-state index in [0.29, 0.717) is 34.7 Å². The van der Waals surface area contributed by atoms with Gasteiger partial charge in [-0.3, -0.25) is 0 Å². The number of hydrogen-bond donors (Lipinski definition) is 3. The van der Waals surface area contributed by atoms with E-state index in [4.69, 9.17) is 32.7 Å². The van der Waals surface area contributed by atoms with Crippen LogP contribution in [-0.2, 0) is 13.2 Å². The molecule has 0 spiro atoms. The SMILES string of the molecule is COc1cc(CNCCNCC(C)O)ccc1OCc1ccc(Cl)cc1Cl. The zero-order valence-corrected chi connectivity index (χ0v) is 17.1. The summed E-state index contributed by atoms with van der Waals surface area (Å²) in [5.74, 6) is 1.33. The molecule has 0 aromatic heterocycles. The van der Waals surface area contributed by atoms with Gasteiger partial charge in [-0.15, -0.1) is 0 Å². The van der Waals surface area contributed by atoms with Crippen molar-refractivity contribution in [3.8, 4) is 11.5 Å². The van der Waals surface area contributed by atoms with Gasteiger partial charge in [0.2, 0.25) is 0 Å². The third-order valence-electron chi connectivity index (χ3n) is 3.87. The summed E-state index contributed by atoms with van der Waals surface area (Å²) in [5, 5.41) is 16.9. The van der Waals surface area contributed by atoms with Crippen LogP contribution in [0.1, 0.15) is 18.1 Å². The maximum absolute atomic E-state index is 9.19. The van der Waals surface area contributed by atoms with Gasteiger partial charge in [-0.25, -0.2) is 0 Å². The van der Waals surface area contributed by atoms with Crippen LogP contribution in [0.5, 0.6) is 11.5 Å². The molecule has 27 heavy (non-hydrogen) atoms. The lowest BCUT2D eigenvalue weighted by Crippen LogP contribution is -2.31. The molecule has 3 N–H and O–H groups in total. The van der Waals surface area contributed by atoms with Gasteiger partial charge in [-0.2, -0.15) is 0 Å². The van der Waals surface area contributed by atoms with E-state index in [2.05, 4.69) is 10.6 Å². The van der Waals surface area contributed by atoms with Crippen molar-refractivity contribution >= 4 is 23.2 Å². The Labute approximate surface area is 170 Å². The maximum Gasteiger partial charge on any atom is 0.161 e. The van der Waals surface area contributed by atoms with Gasteiger partial charge in [0.05, 0.1) is 13.2 Å². The fourth-order valence-corrected chi connectivity index (χ4v) is 2.92. The monoisotopic (exact) mass is 412 g/mol. The van der Waals surface area contributed by atoms with Gasteiger partial charge in [0.25, 0.3) is 0 Å². The summed E-state index contributed by atoms with van der Waals surface area (Å²) in [6.07, 6.45) is -0.329. The van der Waals surface area contributed by atoms with Crippen LogP contribution in [-0.4, -0.2) is 38.0 Å². The highest BCUT2D eigenvalue weighted by Crippen LogP contribution is 2.30. The molecule has 0 radical (unpaired) electrons. The molecule has 5 nitrogen and oxygen atoms in total. The first-order chi connectivity index (χ1) is 13.0. The largest absolute Gasteiger partial charge is 0.493 e. The quantitative estimate of drug-likeness (QED) is 0.491. The second-order valence-electron chi connectivity index (χ2n) is 6.24. The summed E-state index contributed by atoms with van der Waals surface area (Å²) in [7, 11) is 1.62.